The highest BCUT2D eigenvalue weighted by Gasteiger charge is 2.31. The van der Waals surface area contributed by atoms with Crippen molar-refractivity contribution in [2.24, 2.45) is 0 Å². The van der Waals surface area contributed by atoms with Crippen LogP contribution in [0.2, 0.25) is 5.02 Å². The number of ether oxygens (including phenoxy) is 1. The number of hydrogen-bond acceptors (Lipinski definition) is 3. The number of rotatable bonds is 7. The van der Waals surface area contributed by atoms with Gasteiger partial charge in [0.2, 0.25) is 11.8 Å². The Morgan fingerprint density at radius 2 is 1.85 bits per heavy atom. The minimum Gasteiger partial charge on any atom is -0.380 e. The molecular formula is C20H22ClFN2O3. The number of halogens is 2. The quantitative estimate of drug-likeness (QED) is 0.785. The Morgan fingerprint density at radius 1 is 1.19 bits per heavy atom. The van der Waals surface area contributed by atoms with Crippen molar-refractivity contribution in [1.29, 1.82) is 0 Å². The van der Waals surface area contributed by atoms with E-state index in [-0.39, 0.29) is 23.0 Å². The predicted octanol–water partition coefficient (Wildman–Crippen LogP) is 3.46. The van der Waals surface area contributed by atoms with Gasteiger partial charge in [-0.25, -0.2) is 4.39 Å². The van der Waals surface area contributed by atoms with E-state index in [1.807, 2.05) is 24.3 Å². The molecule has 0 radical (unpaired) electrons. The van der Waals surface area contributed by atoms with Crippen molar-refractivity contribution in [3.05, 3.63) is 70.0 Å². The Labute approximate surface area is 163 Å². The first-order valence-corrected chi connectivity index (χ1v) is 8.75. The van der Waals surface area contributed by atoms with E-state index in [1.54, 1.807) is 7.11 Å². The molecule has 0 saturated carbocycles. The Balaban J connectivity index is 2.29. The molecule has 0 aliphatic heterocycles. The zero-order chi connectivity index (χ0) is 20.0. The molecule has 144 valence electrons. The molecule has 1 N–H and O–H groups in total. The van der Waals surface area contributed by atoms with Gasteiger partial charge in [0.05, 0.1) is 6.61 Å². The van der Waals surface area contributed by atoms with Gasteiger partial charge >= 0.3 is 0 Å². The van der Waals surface area contributed by atoms with E-state index < -0.39 is 17.8 Å². The van der Waals surface area contributed by atoms with Crippen LogP contribution in [-0.2, 0) is 27.5 Å². The zero-order valence-electron chi connectivity index (χ0n) is 15.5. The molecule has 7 heteroatoms. The molecule has 2 rings (SSSR count). The third kappa shape index (κ3) is 5.05. The standard InChI is InChI=1S/C20H22ClFN2O3/c1-13(25)24(2)19(18-16(21)9-6-10-17(18)22)20(26)23-11-14-7-4-5-8-15(14)12-27-3/h4-10,19H,11-12H2,1-3H3,(H,23,26)/t19-/m0/s1. The lowest BCUT2D eigenvalue weighted by Gasteiger charge is -2.27. The van der Waals surface area contributed by atoms with Crippen LogP contribution in [0.25, 0.3) is 0 Å². The zero-order valence-corrected chi connectivity index (χ0v) is 16.2. The fourth-order valence-corrected chi connectivity index (χ4v) is 3.03. The summed E-state index contributed by atoms with van der Waals surface area (Å²) in [6.07, 6.45) is 0. The molecule has 0 spiro atoms. The van der Waals surface area contributed by atoms with Crippen LogP contribution in [0.3, 0.4) is 0 Å². The summed E-state index contributed by atoms with van der Waals surface area (Å²) in [6, 6.07) is 10.5. The fourth-order valence-electron chi connectivity index (χ4n) is 2.76. The Morgan fingerprint density at radius 3 is 2.44 bits per heavy atom. The second-order valence-electron chi connectivity index (χ2n) is 6.09. The number of nitrogens with one attached hydrogen (secondary N) is 1. The maximum Gasteiger partial charge on any atom is 0.247 e. The van der Waals surface area contributed by atoms with E-state index in [4.69, 9.17) is 16.3 Å². The number of methoxy groups -OCH3 is 1. The highest BCUT2D eigenvalue weighted by atomic mass is 35.5. The lowest BCUT2D eigenvalue weighted by Crippen LogP contribution is -2.41. The first-order valence-electron chi connectivity index (χ1n) is 8.37. The number of benzene rings is 2. The number of nitrogens with zero attached hydrogens (tertiary/aromatic N) is 1. The van der Waals surface area contributed by atoms with Crippen LogP contribution in [-0.4, -0.2) is 30.9 Å². The summed E-state index contributed by atoms with van der Waals surface area (Å²) in [5.74, 6) is -1.54. The molecule has 0 aromatic heterocycles. The van der Waals surface area contributed by atoms with Crippen LogP contribution < -0.4 is 5.32 Å². The Hall–Kier alpha value is -2.44. The van der Waals surface area contributed by atoms with Crippen molar-refractivity contribution in [3.8, 4) is 0 Å². The molecule has 0 saturated heterocycles. The molecule has 0 aliphatic carbocycles. The van der Waals surface area contributed by atoms with Gasteiger partial charge in [0, 0.05) is 38.2 Å². The van der Waals surface area contributed by atoms with Crippen molar-refractivity contribution in [3.63, 3.8) is 0 Å². The summed E-state index contributed by atoms with van der Waals surface area (Å²) in [7, 11) is 3.03. The van der Waals surface area contributed by atoms with Gasteiger partial charge in [-0.05, 0) is 23.3 Å². The summed E-state index contributed by atoms with van der Waals surface area (Å²) in [6.45, 7) is 1.93. The van der Waals surface area contributed by atoms with Gasteiger partial charge in [0.15, 0.2) is 0 Å². The average molecular weight is 393 g/mol. The third-order valence-electron chi connectivity index (χ3n) is 4.28. The molecule has 2 amide bonds. The summed E-state index contributed by atoms with van der Waals surface area (Å²) in [5, 5.41) is 2.86. The van der Waals surface area contributed by atoms with Crippen molar-refractivity contribution < 1.29 is 18.7 Å². The molecule has 0 unspecified atom stereocenters. The number of carbonyl (C=O) groups excluding carboxylic acids is 2. The van der Waals surface area contributed by atoms with Crippen LogP contribution in [0.1, 0.15) is 29.7 Å². The van der Waals surface area contributed by atoms with Crippen LogP contribution in [0.15, 0.2) is 42.5 Å². The highest BCUT2D eigenvalue weighted by Crippen LogP contribution is 2.30. The van der Waals surface area contributed by atoms with Gasteiger partial charge in [-0.15, -0.1) is 0 Å². The first-order chi connectivity index (χ1) is 12.9. The molecule has 5 nitrogen and oxygen atoms in total. The molecule has 0 fully saturated rings. The van der Waals surface area contributed by atoms with Gasteiger partial charge in [-0.1, -0.05) is 41.9 Å². The van der Waals surface area contributed by atoms with Gasteiger partial charge in [-0.3, -0.25) is 9.59 Å². The maximum atomic E-state index is 14.4. The van der Waals surface area contributed by atoms with Crippen LogP contribution >= 0.6 is 11.6 Å². The second kappa shape index (κ2) is 9.48. The Bertz CT molecular complexity index is 808. The van der Waals surface area contributed by atoms with Gasteiger partial charge in [-0.2, -0.15) is 0 Å². The number of amides is 2. The average Bonchev–Trinajstić information content (AvgIpc) is 2.63. The molecular weight excluding hydrogens is 371 g/mol. The number of hydrogen-bond donors (Lipinski definition) is 1. The molecule has 0 heterocycles. The number of carbonyl (C=O) groups is 2. The van der Waals surface area contributed by atoms with E-state index in [2.05, 4.69) is 5.32 Å². The smallest absolute Gasteiger partial charge is 0.247 e. The highest BCUT2D eigenvalue weighted by molar-refractivity contribution is 6.31. The van der Waals surface area contributed by atoms with Crippen LogP contribution in [0.4, 0.5) is 4.39 Å². The van der Waals surface area contributed by atoms with Crippen LogP contribution in [0, 0.1) is 5.82 Å². The summed E-state index contributed by atoms with van der Waals surface area (Å²) < 4.78 is 19.6. The lowest BCUT2D eigenvalue weighted by atomic mass is 10.0. The van der Waals surface area contributed by atoms with E-state index in [0.29, 0.717) is 6.61 Å². The van der Waals surface area contributed by atoms with E-state index in [0.717, 1.165) is 11.1 Å². The largest absolute Gasteiger partial charge is 0.380 e. The molecule has 0 aliphatic rings. The summed E-state index contributed by atoms with van der Waals surface area (Å²) >= 11 is 6.13. The molecule has 2 aromatic rings. The minimum atomic E-state index is -1.18. The normalized spacial score (nSPS) is 11.7. The molecule has 2 aromatic carbocycles. The van der Waals surface area contributed by atoms with Gasteiger partial charge in [0.1, 0.15) is 11.9 Å². The van der Waals surface area contributed by atoms with E-state index in [1.165, 1.54) is 37.1 Å². The van der Waals surface area contributed by atoms with Crippen molar-refractivity contribution in [2.75, 3.05) is 14.2 Å². The maximum absolute atomic E-state index is 14.4. The summed E-state index contributed by atoms with van der Waals surface area (Å²) in [4.78, 5) is 25.9. The predicted molar refractivity (Wildman–Crippen MR) is 102 cm³/mol. The van der Waals surface area contributed by atoms with Gasteiger partial charge < -0.3 is 15.0 Å². The van der Waals surface area contributed by atoms with Crippen molar-refractivity contribution in [1.82, 2.24) is 10.2 Å². The summed E-state index contributed by atoms with van der Waals surface area (Å²) in [5.41, 5.74) is 1.77. The molecule has 27 heavy (non-hydrogen) atoms. The van der Waals surface area contributed by atoms with Crippen molar-refractivity contribution >= 4 is 23.4 Å². The first kappa shape index (κ1) is 20.9. The van der Waals surface area contributed by atoms with Crippen molar-refractivity contribution in [2.45, 2.75) is 26.1 Å². The number of likely N-dealkylation sites (N-methyl/N-ethyl adjacent to an activating group) is 1. The second-order valence-corrected chi connectivity index (χ2v) is 6.49. The lowest BCUT2D eigenvalue weighted by molar-refractivity contribution is -0.137. The topological polar surface area (TPSA) is 58.6 Å². The minimum absolute atomic E-state index is 0.0282. The molecule has 1 atom stereocenters. The fraction of sp³-hybridized carbons (Fsp3) is 0.300. The molecule has 0 bridgehead atoms. The van der Waals surface area contributed by atoms with Crippen LogP contribution in [0.5, 0.6) is 0 Å². The SMILES string of the molecule is COCc1ccccc1CNC(=O)[C@H](c1c(F)cccc1Cl)N(C)C(C)=O. The van der Waals surface area contributed by atoms with Gasteiger partial charge in [0.25, 0.3) is 0 Å². The monoisotopic (exact) mass is 392 g/mol. The third-order valence-corrected chi connectivity index (χ3v) is 4.61. The van der Waals surface area contributed by atoms with E-state index in [9.17, 15) is 14.0 Å². The van der Waals surface area contributed by atoms with E-state index >= 15 is 0 Å². The Kier molecular flexibility index (Phi) is 7.33.